The van der Waals surface area contributed by atoms with Crippen molar-refractivity contribution in [2.45, 2.75) is 69.5 Å². The molecule has 110 valence electrons. The second-order valence-electron chi connectivity index (χ2n) is 6.26. The number of halogens is 2. The Kier molecular flexibility index (Phi) is 6.16. The molecule has 0 spiro atoms. The van der Waals surface area contributed by atoms with E-state index in [1.165, 1.54) is 64.2 Å². The van der Waals surface area contributed by atoms with Crippen LogP contribution in [0.1, 0.15) is 69.9 Å². The van der Waals surface area contributed by atoms with Gasteiger partial charge in [-0.25, -0.2) is 0 Å². The highest BCUT2D eigenvalue weighted by atomic mass is 35.5. The first-order valence-electron chi connectivity index (χ1n) is 7.81. The lowest BCUT2D eigenvalue weighted by Crippen LogP contribution is -2.28. The molecular weight excluding hydrogens is 290 g/mol. The van der Waals surface area contributed by atoms with Crippen molar-refractivity contribution < 1.29 is 0 Å². The molecule has 1 fully saturated rings. The van der Waals surface area contributed by atoms with E-state index in [2.05, 4.69) is 18.0 Å². The molecule has 2 nitrogen and oxygen atoms in total. The van der Waals surface area contributed by atoms with E-state index in [1.807, 2.05) is 6.07 Å². The Labute approximate surface area is 133 Å². The normalized spacial score (nSPS) is 21.1. The van der Waals surface area contributed by atoms with Crippen molar-refractivity contribution in [3.63, 3.8) is 0 Å². The summed E-state index contributed by atoms with van der Waals surface area (Å²) in [7, 11) is 2.30. The van der Waals surface area contributed by atoms with Crippen molar-refractivity contribution in [2.75, 3.05) is 0 Å². The summed E-state index contributed by atoms with van der Waals surface area (Å²) >= 11 is 12.0. The van der Waals surface area contributed by atoms with Gasteiger partial charge in [0.15, 0.2) is 5.15 Å². The third-order valence-electron chi connectivity index (χ3n) is 4.53. The lowest BCUT2D eigenvalue weighted by molar-refractivity contribution is 0.448. The largest absolute Gasteiger partial charge is 0.170 e. The van der Waals surface area contributed by atoms with Gasteiger partial charge in [-0.3, -0.25) is 0 Å². The zero-order chi connectivity index (χ0) is 14.4. The van der Waals surface area contributed by atoms with E-state index in [0.29, 0.717) is 10.2 Å². The minimum absolute atomic E-state index is 0.0889. The van der Waals surface area contributed by atoms with Gasteiger partial charge in [-0.05, 0) is 24.2 Å². The molecular formula is C15H23BCl2N2. The zero-order valence-electron chi connectivity index (χ0n) is 12.3. The maximum atomic E-state index is 6.12. The summed E-state index contributed by atoms with van der Waals surface area (Å²) < 4.78 is 0. The highest BCUT2D eigenvalue weighted by Gasteiger charge is 2.28. The van der Waals surface area contributed by atoms with Crippen molar-refractivity contribution in [3.05, 3.63) is 21.9 Å². The van der Waals surface area contributed by atoms with E-state index >= 15 is 0 Å². The molecule has 0 bridgehead atoms. The van der Waals surface area contributed by atoms with Crippen molar-refractivity contribution in [3.8, 4) is 0 Å². The predicted octanol–water partition coefficient (Wildman–Crippen LogP) is 4.53. The third-order valence-corrected chi connectivity index (χ3v) is 5.20. The van der Waals surface area contributed by atoms with Crippen LogP contribution in [-0.4, -0.2) is 18.0 Å². The van der Waals surface area contributed by atoms with Gasteiger partial charge in [0.05, 0.1) is 10.7 Å². The Morgan fingerprint density at radius 2 is 1.35 bits per heavy atom. The number of hydrogen-bond acceptors (Lipinski definition) is 2. The minimum atomic E-state index is 0.0889. The zero-order valence-corrected chi connectivity index (χ0v) is 13.8. The SMILES string of the molecule is BC1(c2cc(Cl)c(Cl)nn2)CCCCCCCCCC1. The second-order valence-corrected chi connectivity index (χ2v) is 7.02. The van der Waals surface area contributed by atoms with Crippen LogP contribution in [0.15, 0.2) is 6.07 Å². The van der Waals surface area contributed by atoms with E-state index in [-0.39, 0.29) is 5.31 Å². The van der Waals surface area contributed by atoms with Gasteiger partial charge in [-0.2, -0.15) is 5.10 Å². The molecule has 1 aromatic rings. The van der Waals surface area contributed by atoms with Crippen LogP contribution in [0.3, 0.4) is 0 Å². The Morgan fingerprint density at radius 3 is 1.85 bits per heavy atom. The molecule has 1 aliphatic rings. The number of aromatic nitrogens is 2. The summed E-state index contributed by atoms with van der Waals surface area (Å²) in [6.45, 7) is 0. The first-order valence-corrected chi connectivity index (χ1v) is 8.57. The van der Waals surface area contributed by atoms with Crippen LogP contribution in [0.4, 0.5) is 0 Å². The molecule has 0 N–H and O–H groups in total. The Hall–Kier alpha value is -0.275. The van der Waals surface area contributed by atoms with Crippen molar-refractivity contribution >= 4 is 31.0 Å². The average Bonchev–Trinajstić information content (AvgIpc) is 2.48. The van der Waals surface area contributed by atoms with Crippen LogP contribution in [-0.2, 0) is 5.31 Å². The van der Waals surface area contributed by atoms with E-state index < -0.39 is 0 Å². The van der Waals surface area contributed by atoms with Crippen LogP contribution in [0.5, 0.6) is 0 Å². The quantitative estimate of drug-likeness (QED) is 0.712. The standard InChI is InChI=1S/C15H23BCl2N2/c16-15(13-11-12(17)14(18)20-19-13)9-7-5-3-1-2-4-6-8-10-15/h11H,1-10,16H2. The van der Waals surface area contributed by atoms with Crippen LogP contribution < -0.4 is 0 Å². The van der Waals surface area contributed by atoms with Gasteiger partial charge in [0, 0.05) is 0 Å². The minimum Gasteiger partial charge on any atom is -0.154 e. The number of rotatable bonds is 1. The summed E-state index contributed by atoms with van der Waals surface area (Å²) in [6, 6.07) is 1.91. The number of nitrogens with zero attached hydrogens (tertiary/aromatic N) is 2. The molecule has 0 radical (unpaired) electrons. The topological polar surface area (TPSA) is 25.8 Å². The summed E-state index contributed by atoms with van der Waals surface area (Å²) in [5.41, 5.74) is 1.01. The molecule has 0 saturated heterocycles. The van der Waals surface area contributed by atoms with Gasteiger partial charge in [-0.1, -0.05) is 74.6 Å². The van der Waals surface area contributed by atoms with E-state index in [1.54, 1.807) is 0 Å². The van der Waals surface area contributed by atoms with E-state index in [9.17, 15) is 0 Å². The van der Waals surface area contributed by atoms with Gasteiger partial charge < -0.3 is 0 Å². The molecule has 20 heavy (non-hydrogen) atoms. The lowest BCUT2D eigenvalue weighted by Gasteiger charge is -2.29. The molecule has 0 amide bonds. The van der Waals surface area contributed by atoms with Gasteiger partial charge in [-0.15, -0.1) is 5.10 Å². The first kappa shape index (κ1) is 16.1. The summed E-state index contributed by atoms with van der Waals surface area (Å²) in [5, 5.41) is 9.23. The fraction of sp³-hybridized carbons (Fsp3) is 0.733. The molecule has 1 aromatic heterocycles. The third kappa shape index (κ3) is 4.36. The Bertz CT molecular complexity index is 428. The van der Waals surface area contributed by atoms with Crippen molar-refractivity contribution in [1.29, 1.82) is 0 Å². The molecule has 5 heteroatoms. The summed E-state index contributed by atoms with van der Waals surface area (Å²) in [4.78, 5) is 0. The van der Waals surface area contributed by atoms with E-state index in [0.717, 1.165) is 5.69 Å². The van der Waals surface area contributed by atoms with Crippen molar-refractivity contribution in [1.82, 2.24) is 10.2 Å². The van der Waals surface area contributed by atoms with Gasteiger partial charge in [0.2, 0.25) is 0 Å². The fourth-order valence-electron chi connectivity index (χ4n) is 3.12. The maximum absolute atomic E-state index is 6.12. The molecule has 0 aliphatic heterocycles. The lowest BCUT2D eigenvalue weighted by atomic mass is 9.60. The van der Waals surface area contributed by atoms with Gasteiger partial charge in [0.25, 0.3) is 0 Å². The molecule has 1 heterocycles. The smallest absolute Gasteiger partial charge is 0.154 e. The van der Waals surface area contributed by atoms with Crippen LogP contribution in [0.25, 0.3) is 0 Å². The van der Waals surface area contributed by atoms with Crippen LogP contribution in [0.2, 0.25) is 10.2 Å². The molecule has 0 aromatic carbocycles. The number of hydrogen-bond donors (Lipinski definition) is 0. The first-order chi connectivity index (χ1) is 9.62. The maximum Gasteiger partial charge on any atom is 0.170 e. The average molecular weight is 313 g/mol. The summed E-state index contributed by atoms with van der Waals surface area (Å²) in [6.07, 6.45) is 13.0. The van der Waals surface area contributed by atoms with Crippen molar-refractivity contribution in [2.24, 2.45) is 0 Å². The second kappa shape index (κ2) is 7.65. The highest BCUT2D eigenvalue weighted by Crippen LogP contribution is 2.34. The monoisotopic (exact) mass is 312 g/mol. The summed E-state index contributed by atoms with van der Waals surface area (Å²) in [5.74, 6) is 0. The van der Waals surface area contributed by atoms with Crippen LogP contribution in [0, 0.1) is 0 Å². The van der Waals surface area contributed by atoms with Gasteiger partial charge in [0.1, 0.15) is 7.85 Å². The molecule has 1 saturated carbocycles. The molecule has 0 atom stereocenters. The molecule has 0 unspecified atom stereocenters. The highest BCUT2D eigenvalue weighted by molar-refractivity contribution is 6.41. The fourth-order valence-corrected chi connectivity index (χ4v) is 3.35. The Balaban J connectivity index is 2.15. The van der Waals surface area contributed by atoms with E-state index in [4.69, 9.17) is 23.2 Å². The van der Waals surface area contributed by atoms with Crippen LogP contribution >= 0.6 is 23.2 Å². The molecule has 2 rings (SSSR count). The van der Waals surface area contributed by atoms with Gasteiger partial charge >= 0.3 is 0 Å². The molecule has 1 aliphatic carbocycles. The predicted molar refractivity (Wildman–Crippen MR) is 88.4 cm³/mol. The Morgan fingerprint density at radius 1 is 0.850 bits per heavy atom.